The molecule has 0 radical (unpaired) electrons. The Morgan fingerprint density at radius 1 is 1.22 bits per heavy atom. The lowest BCUT2D eigenvalue weighted by Gasteiger charge is -2.25. The van der Waals surface area contributed by atoms with E-state index in [1.807, 2.05) is 20.8 Å². The number of rotatable bonds is 5. The van der Waals surface area contributed by atoms with Crippen molar-refractivity contribution in [2.24, 2.45) is 11.3 Å². The molecule has 0 saturated carbocycles. The highest BCUT2D eigenvalue weighted by Crippen LogP contribution is 2.25. The van der Waals surface area contributed by atoms with Gasteiger partial charge in [-0.1, -0.05) is 20.8 Å². The van der Waals surface area contributed by atoms with E-state index >= 15 is 0 Å². The Morgan fingerprint density at radius 2 is 1.72 bits per heavy atom. The van der Waals surface area contributed by atoms with Crippen molar-refractivity contribution in [2.45, 2.75) is 33.4 Å². The van der Waals surface area contributed by atoms with Gasteiger partial charge in [-0.05, 0) is 11.8 Å². The van der Waals surface area contributed by atoms with Crippen LogP contribution in [0.25, 0.3) is 0 Å². The van der Waals surface area contributed by atoms with Crippen molar-refractivity contribution in [3.8, 4) is 0 Å². The highest BCUT2D eigenvalue weighted by atomic mass is 35.5. The van der Waals surface area contributed by atoms with Crippen LogP contribution in [-0.4, -0.2) is 30.3 Å². The maximum atomic E-state index is 12.0. The minimum atomic E-state index is -4.93. The van der Waals surface area contributed by atoms with Crippen molar-refractivity contribution >= 4 is 23.3 Å². The smallest absolute Gasteiger partial charge is 0.348 e. The van der Waals surface area contributed by atoms with E-state index in [0.717, 1.165) is 0 Å². The Bertz CT molecular complexity index is 310. The van der Waals surface area contributed by atoms with Crippen LogP contribution in [0, 0.1) is 11.3 Å². The van der Waals surface area contributed by atoms with Crippen LogP contribution in [0.2, 0.25) is 0 Å². The van der Waals surface area contributed by atoms with Crippen LogP contribution in [-0.2, 0) is 9.59 Å². The molecule has 0 aliphatic heterocycles. The fourth-order valence-electron chi connectivity index (χ4n) is 1.46. The molecule has 3 nitrogen and oxygen atoms in total. The molecule has 1 N–H and O–H groups in total. The highest BCUT2D eigenvalue weighted by Gasteiger charge is 2.39. The Balaban J connectivity index is 4.53. The number of carbonyl (C=O) groups is 2. The fraction of sp³-hybridized carbons (Fsp3) is 0.818. The normalized spacial score (nSPS) is 14.2. The van der Waals surface area contributed by atoms with Crippen LogP contribution in [0.1, 0.15) is 27.2 Å². The lowest BCUT2D eigenvalue weighted by Crippen LogP contribution is -2.42. The fourth-order valence-corrected chi connectivity index (χ4v) is 1.68. The zero-order chi connectivity index (χ0) is 14.6. The predicted molar refractivity (Wildman–Crippen MR) is 62.4 cm³/mol. The van der Waals surface area contributed by atoms with Gasteiger partial charge in [0.15, 0.2) is 5.78 Å². The molecule has 0 aromatic carbocycles. The molecule has 0 rings (SSSR count). The van der Waals surface area contributed by atoms with Crippen molar-refractivity contribution in [1.29, 1.82) is 0 Å². The van der Waals surface area contributed by atoms with Gasteiger partial charge in [0.05, 0.1) is 5.88 Å². The van der Waals surface area contributed by atoms with Crippen molar-refractivity contribution < 1.29 is 22.8 Å². The van der Waals surface area contributed by atoms with Crippen molar-refractivity contribution in [2.75, 3.05) is 12.4 Å². The van der Waals surface area contributed by atoms with Gasteiger partial charge in [0.25, 0.3) is 0 Å². The minimum absolute atomic E-state index is 0.241. The van der Waals surface area contributed by atoms with Crippen LogP contribution in [0.5, 0.6) is 0 Å². The molecule has 18 heavy (non-hydrogen) atoms. The second-order valence-electron chi connectivity index (χ2n) is 5.27. The van der Waals surface area contributed by atoms with Gasteiger partial charge < -0.3 is 5.32 Å². The number of halogens is 4. The summed E-state index contributed by atoms with van der Waals surface area (Å²) in [5, 5.41) is 1.72. The van der Waals surface area contributed by atoms with Gasteiger partial charge in [0, 0.05) is 12.5 Å². The molecule has 0 saturated heterocycles. The predicted octanol–water partition coefficient (Wildman–Crippen LogP) is 2.53. The van der Waals surface area contributed by atoms with Gasteiger partial charge in [-0.3, -0.25) is 9.59 Å². The number of hydrogen-bond acceptors (Lipinski definition) is 2. The average Bonchev–Trinajstić information content (AvgIpc) is 2.19. The summed E-state index contributed by atoms with van der Waals surface area (Å²) in [6.07, 6.45) is -4.58. The number of Topliss-reactive ketones (excluding diaryl/α,β-unsaturated/α-hetero) is 1. The molecule has 0 heterocycles. The van der Waals surface area contributed by atoms with E-state index in [1.54, 1.807) is 5.32 Å². The summed E-state index contributed by atoms with van der Waals surface area (Å²) >= 11 is 5.40. The topological polar surface area (TPSA) is 46.2 Å². The Morgan fingerprint density at radius 3 is 2.06 bits per heavy atom. The van der Waals surface area contributed by atoms with Gasteiger partial charge in [0.2, 0.25) is 0 Å². The molecule has 106 valence electrons. The average molecular weight is 288 g/mol. The van der Waals surface area contributed by atoms with Crippen molar-refractivity contribution in [3.63, 3.8) is 0 Å². The van der Waals surface area contributed by atoms with Crippen molar-refractivity contribution in [1.82, 2.24) is 5.32 Å². The summed E-state index contributed by atoms with van der Waals surface area (Å²) in [6.45, 7) is 5.22. The standard InChI is InChI=1S/C11H17ClF3NO2/c1-10(2,3)4-7(8(17)5-12)6-16-9(18)11(13,14)15/h7H,4-6H2,1-3H3,(H,16,18). The monoisotopic (exact) mass is 287 g/mol. The number of nitrogens with one attached hydrogen (secondary N) is 1. The Kier molecular flexibility index (Phi) is 6.13. The van der Waals surface area contributed by atoms with Crippen LogP contribution in [0.3, 0.4) is 0 Å². The first-order valence-corrected chi connectivity index (χ1v) is 5.94. The molecule has 1 atom stereocenters. The number of ketones is 1. The summed E-state index contributed by atoms with van der Waals surface area (Å²) in [7, 11) is 0. The second kappa shape index (κ2) is 6.41. The molecule has 0 aromatic rings. The molecule has 0 bridgehead atoms. The van der Waals surface area contributed by atoms with Crippen LogP contribution >= 0.6 is 11.6 Å². The van der Waals surface area contributed by atoms with E-state index in [-0.39, 0.29) is 23.6 Å². The molecular formula is C11H17ClF3NO2. The zero-order valence-corrected chi connectivity index (χ0v) is 11.3. The summed E-state index contributed by atoms with van der Waals surface area (Å²) in [5.41, 5.74) is -0.241. The molecule has 0 aliphatic carbocycles. The van der Waals surface area contributed by atoms with E-state index in [1.165, 1.54) is 0 Å². The molecule has 0 aromatic heterocycles. The minimum Gasteiger partial charge on any atom is -0.348 e. The number of alkyl halides is 4. The van der Waals surface area contributed by atoms with E-state index in [9.17, 15) is 22.8 Å². The molecule has 1 unspecified atom stereocenters. The molecular weight excluding hydrogens is 271 g/mol. The van der Waals surface area contributed by atoms with Crippen LogP contribution < -0.4 is 5.32 Å². The number of hydrogen-bond donors (Lipinski definition) is 1. The lowest BCUT2D eigenvalue weighted by molar-refractivity contribution is -0.173. The largest absolute Gasteiger partial charge is 0.471 e. The van der Waals surface area contributed by atoms with Gasteiger partial charge in [-0.2, -0.15) is 13.2 Å². The molecule has 1 amide bonds. The molecule has 0 aliphatic rings. The number of carbonyl (C=O) groups excluding carboxylic acids is 2. The maximum absolute atomic E-state index is 12.0. The van der Waals surface area contributed by atoms with E-state index in [4.69, 9.17) is 11.6 Å². The van der Waals surface area contributed by atoms with Gasteiger partial charge in [-0.15, -0.1) is 11.6 Å². The first-order valence-electron chi connectivity index (χ1n) is 5.41. The summed E-state index contributed by atoms with van der Waals surface area (Å²) in [6, 6.07) is 0. The van der Waals surface area contributed by atoms with Gasteiger partial charge in [0.1, 0.15) is 0 Å². The number of amides is 1. The van der Waals surface area contributed by atoms with Gasteiger partial charge in [-0.25, -0.2) is 0 Å². The van der Waals surface area contributed by atoms with Crippen LogP contribution in [0.15, 0.2) is 0 Å². The summed E-state index contributed by atoms with van der Waals surface area (Å²) in [4.78, 5) is 22.2. The summed E-state index contributed by atoms with van der Waals surface area (Å²) < 4.78 is 36.0. The molecule has 7 heteroatoms. The maximum Gasteiger partial charge on any atom is 0.471 e. The van der Waals surface area contributed by atoms with E-state index < -0.39 is 18.0 Å². The van der Waals surface area contributed by atoms with Gasteiger partial charge >= 0.3 is 12.1 Å². The van der Waals surface area contributed by atoms with E-state index in [0.29, 0.717) is 6.42 Å². The Hall–Kier alpha value is -0.780. The molecule has 0 spiro atoms. The Labute approximate surface area is 109 Å². The third-order valence-corrected chi connectivity index (χ3v) is 2.48. The van der Waals surface area contributed by atoms with E-state index in [2.05, 4.69) is 0 Å². The third-order valence-electron chi connectivity index (χ3n) is 2.21. The first-order chi connectivity index (χ1) is 7.97. The molecule has 0 fully saturated rings. The zero-order valence-electron chi connectivity index (χ0n) is 10.5. The highest BCUT2D eigenvalue weighted by molar-refractivity contribution is 6.27. The second-order valence-corrected chi connectivity index (χ2v) is 5.54. The summed E-state index contributed by atoms with van der Waals surface area (Å²) in [5.74, 6) is -3.38. The van der Waals surface area contributed by atoms with Crippen molar-refractivity contribution in [3.05, 3.63) is 0 Å². The SMILES string of the molecule is CC(C)(C)CC(CNC(=O)C(F)(F)F)C(=O)CCl. The lowest BCUT2D eigenvalue weighted by atomic mass is 9.83. The third kappa shape index (κ3) is 6.83. The first kappa shape index (κ1) is 17.2. The van der Waals surface area contributed by atoms with Crippen LogP contribution in [0.4, 0.5) is 13.2 Å². The quantitative estimate of drug-likeness (QED) is 0.790.